The lowest BCUT2D eigenvalue weighted by molar-refractivity contribution is -0.139. The molecule has 0 fully saturated rings. The first-order valence-corrected chi connectivity index (χ1v) is 8.46. The van der Waals surface area contributed by atoms with Crippen molar-refractivity contribution < 1.29 is 27.4 Å². The molecule has 0 atom stereocenters. The SMILES string of the molecule is COC(=O)CN.COc1ccnc(-c2ccc(C)c3cccnc23)c1C(F)(F)F. The predicted octanol–water partition coefficient (Wildman–Crippen LogP) is 3.75. The molecule has 9 heteroatoms. The summed E-state index contributed by atoms with van der Waals surface area (Å²) >= 11 is 0. The van der Waals surface area contributed by atoms with E-state index >= 15 is 0 Å². The van der Waals surface area contributed by atoms with E-state index in [0.717, 1.165) is 10.9 Å². The van der Waals surface area contributed by atoms with Crippen molar-refractivity contribution in [2.45, 2.75) is 13.1 Å². The molecule has 2 N–H and O–H groups in total. The van der Waals surface area contributed by atoms with Crippen molar-refractivity contribution in [1.29, 1.82) is 0 Å². The number of carbonyl (C=O) groups excluding carboxylic acids is 1. The number of carbonyl (C=O) groups is 1. The standard InChI is InChI=1S/C17H13F3N2O.C3H7NO2/c1-10-5-6-12(15-11(10)4-3-8-21-15)16-14(17(18,19)20)13(23-2)7-9-22-16;1-6-3(5)2-4/h3-9H,1-2H3;2,4H2,1H3. The minimum Gasteiger partial charge on any atom is -0.496 e. The first-order valence-electron chi connectivity index (χ1n) is 8.46. The van der Waals surface area contributed by atoms with E-state index in [0.29, 0.717) is 11.1 Å². The van der Waals surface area contributed by atoms with Gasteiger partial charge in [0, 0.05) is 23.3 Å². The van der Waals surface area contributed by atoms with E-state index in [4.69, 9.17) is 10.5 Å². The average molecular weight is 407 g/mol. The largest absolute Gasteiger partial charge is 0.496 e. The van der Waals surface area contributed by atoms with Gasteiger partial charge in [0.15, 0.2) is 0 Å². The Morgan fingerprint density at radius 1 is 1.10 bits per heavy atom. The third-order valence-electron chi connectivity index (χ3n) is 4.05. The molecule has 2 aromatic heterocycles. The number of hydrogen-bond acceptors (Lipinski definition) is 6. The fourth-order valence-corrected chi connectivity index (χ4v) is 2.68. The van der Waals surface area contributed by atoms with Crippen molar-refractivity contribution >= 4 is 16.9 Å². The maximum atomic E-state index is 13.5. The van der Waals surface area contributed by atoms with Crippen LogP contribution in [0.25, 0.3) is 22.2 Å². The number of aromatic nitrogens is 2. The Bertz CT molecular complexity index is 1000. The molecular formula is C20H20F3N3O3. The Morgan fingerprint density at radius 2 is 1.83 bits per heavy atom. The number of benzene rings is 1. The van der Waals surface area contributed by atoms with Gasteiger partial charge in [0.05, 0.1) is 32.0 Å². The predicted molar refractivity (Wildman–Crippen MR) is 102 cm³/mol. The quantitative estimate of drug-likeness (QED) is 0.666. The zero-order chi connectivity index (χ0) is 21.6. The zero-order valence-corrected chi connectivity index (χ0v) is 16.1. The number of rotatable bonds is 3. The molecular weight excluding hydrogens is 387 g/mol. The monoisotopic (exact) mass is 407 g/mol. The van der Waals surface area contributed by atoms with Crippen LogP contribution in [-0.2, 0) is 15.7 Å². The molecule has 0 spiro atoms. The fourth-order valence-electron chi connectivity index (χ4n) is 2.68. The number of alkyl halides is 3. The maximum Gasteiger partial charge on any atom is 0.422 e. The second kappa shape index (κ2) is 9.33. The number of pyridine rings is 2. The maximum absolute atomic E-state index is 13.5. The van der Waals surface area contributed by atoms with Crippen molar-refractivity contribution in [3.8, 4) is 17.0 Å². The lowest BCUT2D eigenvalue weighted by Crippen LogP contribution is -2.14. The number of aryl methyl sites for hydroxylation is 1. The average Bonchev–Trinajstić information content (AvgIpc) is 2.72. The van der Waals surface area contributed by atoms with Crippen molar-refractivity contribution in [3.05, 3.63) is 53.9 Å². The van der Waals surface area contributed by atoms with Crippen molar-refractivity contribution in [1.82, 2.24) is 9.97 Å². The van der Waals surface area contributed by atoms with E-state index in [1.165, 1.54) is 26.5 Å². The van der Waals surface area contributed by atoms with Gasteiger partial charge in [-0.1, -0.05) is 18.2 Å². The molecule has 3 rings (SSSR count). The minimum absolute atomic E-state index is 0.0312. The molecule has 0 saturated carbocycles. The molecule has 0 bridgehead atoms. The topological polar surface area (TPSA) is 87.3 Å². The highest BCUT2D eigenvalue weighted by Gasteiger charge is 2.38. The number of nitrogens with zero attached hydrogens (tertiary/aromatic N) is 2. The van der Waals surface area contributed by atoms with Crippen LogP contribution in [0.4, 0.5) is 13.2 Å². The molecule has 2 heterocycles. The van der Waals surface area contributed by atoms with Crippen LogP contribution >= 0.6 is 0 Å². The molecule has 0 saturated heterocycles. The summed E-state index contributed by atoms with van der Waals surface area (Å²) < 4.78 is 49.6. The van der Waals surface area contributed by atoms with Crippen LogP contribution in [0.15, 0.2) is 42.7 Å². The summed E-state index contributed by atoms with van der Waals surface area (Å²) in [7, 11) is 2.51. The molecule has 3 aromatic rings. The summed E-state index contributed by atoms with van der Waals surface area (Å²) in [5.41, 5.74) is 5.49. The fraction of sp³-hybridized carbons (Fsp3) is 0.250. The number of halogens is 3. The van der Waals surface area contributed by atoms with Crippen LogP contribution in [0, 0.1) is 6.92 Å². The summed E-state index contributed by atoms with van der Waals surface area (Å²) in [4.78, 5) is 18.0. The molecule has 0 aliphatic carbocycles. The van der Waals surface area contributed by atoms with Crippen LogP contribution in [0.2, 0.25) is 0 Å². The van der Waals surface area contributed by atoms with E-state index in [9.17, 15) is 18.0 Å². The van der Waals surface area contributed by atoms with Gasteiger partial charge in [-0.05, 0) is 24.6 Å². The van der Waals surface area contributed by atoms with Gasteiger partial charge >= 0.3 is 12.1 Å². The molecule has 0 aliphatic heterocycles. The third kappa shape index (κ3) is 5.00. The van der Waals surface area contributed by atoms with E-state index in [1.807, 2.05) is 13.0 Å². The number of ether oxygens (including phenoxy) is 2. The molecule has 29 heavy (non-hydrogen) atoms. The molecule has 154 valence electrons. The number of esters is 1. The second-order valence-electron chi connectivity index (χ2n) is 5.84. The Balaban J connectivity index is 0.000000438. The lowest BCUT2D eigenvalue weighted by atomic mass is 9.99. The van der Waals surface area contributed by atoms with Crippen LogP contribution < -0.4 is 10.5 Å². The van der Waals surface area contributed by atoms with E-state index < -0.39 is 11.7 Å². The Morgan fingerprint density at radius 3 is 2.38 bits per heavy atom. The van der Waals surface area contributed by atoms with Crippen molar-refractivity contribution in [3.63, 3.8) is 0 Å². The molecule has 6 nitrogen and oxygen atoms in total. The van der Waals surface area contributed by atoms with Gasteiger partial charge in [0.25, 0.3) is 0 Å². The second-order valence-corrected chi connectivity index (χ2v) is 5.84. The van der Waals surface area contributed by atoms with E-state index in [-0.39, 0.29) is 24.0 Å². The molecule has 0 unspecified atom stereocenters. The summed E-state index contributed by atoms with van der Waals surface area (Å²) in [6.07, 6.45) is -1.72. The van der Waals surface area contributed by atoms with Crippen LogP contribution in [0.1, 0.15) is 11.1 Å². The minimum atomic E-state index is -4.58. The van der Waals surface area contributed by atoms with E-state index in [1.54, 1.807) is 24.4 Å². The molecule has 0 aliphatic rings. The van der Waals surface area contributed by atoms with Crippen molar-refractivity contribution in [2.75, 3.05) is 20.8 Å². The van der Waals surface area contributed by atoms with Gasteiger partial charge < -0.3 is 15.2 Å². The summed E-state index contributed by atoms with van der Waals surface area (Å²) in [6.45, 7) is 1.86. The molecule has 0 radical (unpaired) electrons. The van der Waals surface area contributed by atoms with Gasteiger partial charge in [0.1, 0.15) is 11.3 Å². The Hall–Kier alpha value is -3.20. The highest BCUT2D eigenvalue weighted by atomic mass is 19.4. The number of hydrogen-bond donors (Lipinski definition) is 1. The normalized spacial score (nSPS) is 10.9. The third-order valence-corrected chi connectivity index (χ3v) is 4.05. The highest BCUT2D eigenvalue weighted by Crippen LogP contribution is 2.43. The van der Waals surface area contributed by atoms with Gasteiger partial charge in [-0.15, -0.1) is 0 Å². The first-order chi connectivity index (χ1) is 13.7. The Kier molecular flexibility index (Phi) is 7.11. The van der Waals surface area contributed by atoms with Gasteiger partial charge in [-0.3, -0.25) is 14.8 Å². The highest BCUT2D eigenvalue weighted by molar-refractivity contribution is 5.95. The Labute approximate surface area is 165 Å². The van der Waals surface area contributed by atoms with Gasteiger partial charge in [-0.25, -0.2) is 0 Å². The molecule has 0 amide bonds. The number of fused-ring (bicyclic) bond motifs is 1. The van der Waals surface area contributed by atoms with Crippen molar-refractivity contribution in [2.24, 2.45) is 5.73 Å². The van der Waals surface area contributed by atoms with Gasteiger partial charge in [-0.2, -0.15) is 13.2 Å². The summed E-state index contributed by atoms with van der Waals surface area (Å²) in [5, 5.41) is 0.794. The lowest BCUT2D eigenvalue weighted by Gasteiger charge is -2.16. The summed E-state index contributed by atoms with van der Waals surface area (Å²) in [6, 6.07) is 8.16. The first kappa shape index (κ1) is 22.1. The number of nitrogens with two attached hydrogens (primary N) is 1. The van der Waals surface area contributed by atoms with Gasteiger partial charge in [0.2, 0.25) is 0 Å². The smallest absolute Gasteiger partial charge is 0.422 e. The van der Waals surface area contributed by atoms with E-state index in [2.05, 4.69) is 14.7 Å². The molecule has 1 aromatic carbocycles. The van der Waals surface area contributed by atoms with Crippen LogP contribution in [0.3, 0.4) is 0 Å². The van der Waals surface area contributed by atoms with Crippen LogP contribution in [0.5, 0.6) is 5.75 Å². The zero-order valence-electron chi connectivity index (χ0n) is 16.1. The van der Waals surface area contributed by atoms with Crippen LogP contribution in [-0.4, -0.2) is 36.7 Å². The number of methoxy groups -OCH3 is 2. The summed E-state index contributed by atoms with van der Waals surface area (Å²) in [5.74, 6) is -0.637.